The summed E-state index contributed by atoms with van der Waals surface area (Å²) in [5.74, 6) is 0.788. The molecule has 1 unspecified atom stereocenters. The number of carbonyl (C=O) groups is 2. The van der Waals surface area contributed by atoms with Crippen molar-refractivity contribution in [3.05, 3.63) is 30.1 Å². The number of para-hydroxylation sites is 2. The summed E-state index contributed by atoms with van der Waals surface area (Å²) in [5, 5.41) is 5.94. The highest BCUT2D eigenvalue weighted by atomic mass is 16.5. The molecular formula is C21H30N4O3. The van der Waals surface area contributed by atoms with Gasteiger partial charge in [-0.15, -0.1) is 0 Å². The molecular weight excluding hydrogens is 356 g/mol. The molecule has 1 aromatic carbocycles. The van der Waals surface area contributed by atoms with Crippen molar-refractivity contribution >= 4 is 22.8 Å². The first kappa shape index (κ1) is 20.3. The number of benzene rings is 1. The molecule has 1 aliphatic heterocycles. The molecule has 1 aromatic heterocycles. The molecule has 0 saturated carbocycles. The lowest BCUT2D eigenvalue weighted by Crippen LogP contribution is -2.42. The number of aromatic nitrogens is 2. The lowest BCUT2D eigenvalue weighted by atomic mass is 10.1. The minimum Gasteiger partial charge on any atom is -0.368 e. The molecule has 2 aromatic rings. The zero-order chi connectivity index (χ0) is 20.1. The summed E-state index contributed by atoms with van der Waals surface area (Å²) in [6.45, 7) is 7.36. The van der Waals surface area contributed by atoms with Crippen LogP contribution in [0.25, 0.3) is 11.0 Å². The SMILES string of the molecule is CC(C)(C)NC(=O)Cn1c(CCCNC(=O)C2CCCO2)nc2ccccc21. The highest BCUT2D eigenvalue weighted by Crippen LogP contribution is 2.17. The van der Waals surface area contributed by atoms with Gasteiger partial charge in [0.25, 0.3) is 0 Å². The normalized spacial score (nSPS) is 17.0. The molecule has 28 heavy (non-hydrogen) atoms. The van der Waals surface area contributed by atoms with E-state index in [4.69, 9.17) is 9.72 Å². The summed E-state index contributed by atoms with van der Waals surface area (Å²) in [6.07, 6.45) is 2.88. The molecule has 1 fully saturated rings. The average molecular weight is 386 g/mol. The Morgan fingerprint density at radius 3 is 2.79 bits per heavy atom. The van der Waals surface area contributed by atoms with Gasteiger partial charge in [-0.2, -0.15) is 0 Å². The molecule has 3 rings (SSSR count). The summed E-state index contributed by atoms with van der Waals surface area (Å²) in [6, 6.07) is 7.83. The molecule has 2 heterocycles. The van der Waals surface area contributed by atoms with Crippen LogP contribution in [0.4, 0.5) is 0 Å². The molecule has 0 bridgehead atoms. The number of hydrogen-bond acceptors (Lipinski definition) is 4. The van der Waals surface area contributed by atoms with Crippen LogP contribution in [-0.4, -0.2) is 46.2 Å². The Kier molecular flexibility index (Phi) is 6.34. The smallest absolute Gasteiger partial charge is 0.249 e. The van der Waals surface area contributed by atoms with Gasteiger partial charge in [0.15, 0.2) is 0 Å². The number of imidazole rings is 1. The van der Waals surface area contributed by atoms with Crippen LogP contribution in [0.2, 0.25) is 0 Å². The van der Waals surface area contributed by atoms with Gasteiger partial charge in [0.1, 0.15) is 18.5 Å². The molecule has 7 heteroatoms. The van der Waals surface area contributed by atoms with E-state index < -0.39 is 0 Å². The topological polar surface area (TPSA) is 85.2 Å². The molecule has 1 atom stereocenters. The number of hydrogen-bond donors (Lipinski definition) is 2. The van der Waals surface area contributed by atoms with Gasteiger partial charge < -0.3 is 19.9 Å². The van der Waals surface area contributed by atoms with E-state index in [0.29, 0.717) is 19.6 Å². The number of nitrogens with one attached hydrogen (secondary N) is 2. The van der Waals surface area contributed by atoms with Crippen LogP contribution in [0.1, 0.15) is 45.9 Å². The van der Waals surface area contributed by atoms with Crippen molar-refractivity contribution in [2.45, 2.75) is 64.6 Å². The maximum Gasteiger partial charge on any atom is 0.249 e. The molecule has 1 aliphatic rings. The first-order valence-electron chi connectivity index (χ1n) is 9.98. The van der Waals surface area contributed by atoms with Gasteiger partial charge in [-0.05, 0) is 52.2 Å². The molecule has 7 nitrogen and oxygen atoms in total. The Morgan fingerprint density at radius 1 is 1.29 bits per heavy atom. The number of rotatable bonds is 7. The fraction of sp³-hybridized carbons (Fsp3) is 0.571. The van der Waals surface area contributed by atoms with Crippen LogP contribution < -0.4 is 10.6 Å². The van der Waals surface area contributed by atoms with Crippen molar-refractivity contribution in [2.24, 2.45) is 0 Å². The third kappa shape index (κ3) is 5.32. The van der Waals surface area contributed by atoms with Crippen LogP contribution in [0.15, 0.2) is 24.3 Å². The predicted octanol–water partition coefficient (Wildman–Crippen LogP) is 2.18. The highest BCUT2D eigenvalue weighted by Gasteiger charge is 2.23. The number of amides is 2. The molecule has 0 radical (unpaired) electrons. The minimum atomic E-state index is -0.300. The Hall–Kier alpha value is -2.41. The van der Waals surface area contributed by atoms with Crippen molar-refractivity contribution in [3.8, 4) is 0 Å². The van der Waals surface area contributed by atoms with Crippen LogP contribution in [0.5, 0.6) is 0 Å². The van der Waals surface area contributed by atoms with Crippen LogP contribution in [0.3, 0.4) is 0 Å². The largest absolute Gasteiger partial charge is 0.368 e. The minimum absolute atomic E-state index is 0.0319. The average Bonchev–Trinajstić information content (AvgIpc) is 3.26. The highest BCUT2D eigenvalue weighted by molar-refractivity contribution is 5.82. The molecule has 0 spiro atoms. The molecule has 152 valence electrons. The van der Waals surface area contributed by atoms with E-state index in [1.807, 2.05) is 49.6 Å². The van der Waals surface area contributed by atoms with Gasteiger partial charge in [-0.3, -0.25) is 9.59 Å². The van der Waals surface area contributed by atoms with E-state index >= 15 is 0 Å². The third-order valence-corrected chi connectivity index (χ3v) is 4.65. The number of nitrogens with zero attached hydrogens (tertiary/aromatic N) is 2. The van der Waals surface area contributed by atoms with Gasteiger partial charge >= 0.3 is 0 Å². The monoisotopic (exact) mass is 386 g/mol. The Balaban J connectivity index is 1.63. The van der Waals surface area contributed by atoms with E-state index in [0.717, 1.165) is 36.1 Å². The van der Waals surface area contributed by atoms with Gasteiger partial charge in [0.05, 0.1) is 11.0 Å². The standard InChI is InChI=1S/C21H30N4O3/c1-21(2,3)24-19(26)14-25-16-9-5-4-8-15(16)23-18(25)11-6-12-22-20(27)17-10-7-13-28-17/h4-5,8-9,17H,6-7,10-14H2,1-3H3,(H,22,27)(H,24,26). The number of carbonyl (C=O) groups excluding carboxylic acids is 2. The van der Waals surface area contributed by atoms with Crippen LogP contribution in [0, 0.1) is 0 Å². The lowest BCUT2D eigenvalue weighted by molar-refractivity contribution is -0.130. The third-order valence-electron chi connectivity index (χ3n) is 4.65. The Bertz CT molecular complexity index is 832. The second-order valence-electron chi connectivity index (χ2n) is 8.30. The van der Waals surface area contributed by atoms with Crippen molar-refractivity contribution < 1.29 is 14.3 Å². The lowest BCUT2D eigenvalue weighted by Gasteiger charge is -2.21. The van der Waals surface area contributed by atoms with Crippen LogP contribution in [-0.2, 0) is 27.3 Å². The molecule has 2 N–H and O–H groups in total. The maximum atomic E-state index is 12.5. The number of fused-ring (bicyclic) bond motifs is 1. The second kappa shape index (κ2) is 8.73. The van der Waals surface area contributed by atoms with E-state index in [-0.39, 0.29) is 30.0 Å². The van der Waals surface area contributed by atoms with Gasteiger partial charge in [-0.25, -0.2) is 4.98 Å². The van der Waals surface area contributed by atoms with E-state index in [1.54, 1.807) is 0 Å². The Morgan fingerprint density at radius 2 is 2.07 bits per heavy atom. The summed E-state index contributed by atoms with van der Waals surface area (Å²) in [5.41, 5.74) is 1.55. The van der Waals surface area contributed by atoms with Gasteiger partial charge in [0.2, 0.25) is 11.8 Å². The molecule has 1 saturated heterocycles. The summed E-state index contributed by atoms with van der Waals surface area (Å²) in [7, 11) is 0. The summed E-state index contributed by atoms with van der Waals surface area (Å²) < 4.78 is 7.37. The summed E-state index contributed by atoms with van der Waals surface area (Å²) >= 11 is 0. The maximum absolute atomic E-state index is 12.5. The van der Waals surface area contributed by atoms with E-state index in [1.165, 1.54) is 0 Å². The van der Waals surface area contributed by atoms with Crippen molar-refractivity contribution in [1.82, 2.24) is 20.2 Å². The van der Waals surface area contributed by atoms with E-state index in [2.05, 4.69) is 10.6 Å². The zero-order valence-corrected chi connectivity index (χ0v) is 17.0. The quantitative estimate of drug-likeness (QED) is 0.714. The Labute approximate surface area is 165 Å². The first-order valence-corrected chi connectivity index (χ1v) is 9.98. The van der Waals surface area contributed by atoms with Crippen molar-refractivity contribution in [3.63, 3.8) is 0 Å². The second-order valence-corrected chi connectivity index (χ2v) is 8.30. The predicted molar refractivity (Wildman–Crippen MR) is 108 cm³/mol. The van der Waals surface area contributed by atoms with Gasteiger partial charge in [-0.1, -0.05) is 12.1 Å². The fourth-order valence-corrected chi connectivity index (χ4v) is 3.45. The summed E-state index contributed by atoms with van der Waals surface area (Å²) in [4.78, 5) is 29.2. The molecule has 2 amide bonds. The van der Waals surface area contributed by atoms with E-state index in [9.17, 15) is 9.59 Å². The zero-order valence-electron chi connectivity index (χ0n) is 17.0. The first-order chi connectivity index (χ1) is 13.3. The number of ether oxygens (including phenoxy) is 1. The number of aryl methyl sites for hydroxylation is 1. The fourth-order valence-electron chi connectivity index (χ4n) is 3.45. The van der Waals surface area contributed by atoms with Crippen molar-refractivity contribution in [1.29, 1.82) is 0 Å². The van der Waals surface area contributed by atoms with Crippen LogP contribution >= 0.6 is 0 Å². The van der Waals surface area contributed by atoms with Crippen molar-refractivity contribution in [2.75, 3.05) is 13.2 Å². The van der Waals surface area contributed by atoms with Gasteiger partial charge in [0, 0.05) is 25.1 Å². The molecule has 0 aliphatic carbocycles.